The first-order valence-electron chi connectivity index (χ1n) is 8.80. The molecule has 0 saturated heterocycles. The number of rotatable bonds is 5. The van der Waals surface area contributed by atoms with Crippen molar-refractivity contribution in [3.05, 3.63) is 52.7 Å². The van der Waals surface area contributed by atoms with E-state index in [2.05, 4.69) is 48.2 Å². The van der Waals surface area contributed by atoms with Gasteiger partial charge < -0.3 is 14.9 Å². The predicted molar refractivity (Wildman–Crippen MR) is 101 cm³/mol. The summed E-state index contributed by atoms with van der Waals surface area (Å²) in [5.74, 6) is 0.836. The third-order valence-electron chi connectivity index (χ3n) is 4.96. The minimum atomic E-state index is -0.278. The van der Waals surface area contributed by atoms with Gasteiger partial charge in [-0.1, -0.05) is 18.6 Å². The number of imidazole rings is 1. The van der Waals surface area contributed by atoms with Gasteiger partial charge in [-0.25, -0.2) is 4.98 Å². The Bertz CT molecular complexity index is 919. The van der Waals surface area contributed by atoms with E-state index in [4.69, 9.17) is 0 Å². The van der Waals surface area contributed by atoms with E-state index in [0.29, 0.717) is 6.54 Å². The molecule has 0 unspecified atom stereocenters. The van der Waals surface area contributed by atoms with Crippen molar-refractivity contribution in [2.45, 2.75) is 53.6 Å². The van der Waals surface area contributed by atoms with Gasteiger partial charge in [-0.2, -0.15) is 0 Å². The molecule has 0 aliphatic rings. The van der Waals surface area contributed by atoms with Gasteiger partial charge in [-0.3, -0.25) is 4.79 Å². The van der Waals surface area contributed by atoms with Crippen molar-refractivity contribution in [2.75, 3.05) is 0 Å². The Morgan fingerprint density at radius 2 is 2.08 bits per heavy atom. The second-order valence-corrected chi connectivity index (χ2v) is 6.70. The van der Waals surface area contributed by atoms with Crippen LogP contribution in [-0.4, -0.2) is 20.4 Å². The first-order chi connectivity index (χ1) is 11.9. The molecule has 0 radical (unpaired) electrons. The Balaban J connectivity index is 1.83. The second-order valence-electron chi connectivity index (χ2n) is 6.70. The molecule has 1 amide bonds. The molecule has 0 aliphatic carbocycles. The maximum Gasteiger partial charge on any atom is 0.243 e. The van der Waals surface area contributed by atoms with Crippen LogP contribution in [0.1, 0.15) is 48.1 Å². The number of hydrogen-bond donors (Lipinski definition) is 2. The highest BCUT2D eigenvalue weighted by Gasteiger charge is 2.17. The maximum atomic E-state index is 12.5. The Hall–Kier alpha value is -2.56. The van der Waals surface area contributed by atoms with Gasteiger partial charge in [0.15, 0.2) is 0 Å². The van der Waals surface area contributed by atoms with Gasteiger partial charge in [-0.05, 0) is 51.3 Å². The third-order valence-corrected chi connectivity index (χ3v) is 4.96. The van der Waals surface area contributed by atoms with Gasteiger partial charge >= 0.3 is 0 Å². The summed E-state index contributed by atoms with van der Waals surface area (Å²) in [6.45, 7) is 10.7. The first-order valence-corrected chi connectivity index (χ1v) is 8.80. The molecule has 3 aromatic rings. The highest BCUT2D eigenvalue weighted by atomic mass is 16.2. The Kier molecular flexibility index (Phi) is 4.66. The minimum absolute atomic E-state index is 0.00486. The van der Waals surface area contributed by atoms with Crippen molar-refractivity contribution in [1.29, 1.82) is 0 Å². The van der Waals surface area contributed by atoms with E-state index < -0.39 is 0 Å². The van der Waals surface area contributed by atoms with Crippen molar-refractivity contribution >= 4 is 16.8 Å². The topological polar surface area (TPSA) is 62.7 Å². The molecule has 0 fully saturated rings. The van der Waals surface area contributed by atoms with E-state index in [9.17, 15) is 4.79 Å². The van der Waals surface area contributed by atoms with Crippen molar-refractivity contribution in [3.8, 4) is 0 Å². The van der Waals surface area contributed by atoms with E-state index in [1.165, 1.54) is 22.2 Å². The predicted octanol–water partition coefficient (Wildman–Crippen LogP) is 3.73. The number of nitrogens with one attached hydrogen (secondary N) is 2. The highest BCUT2D eigenvalue weighted by molar-refractivity contribution is 5.88. The zero-order valence-electron chi connectivity index (χ0n) is 15.6. The summed E-state index contributed by atoms with van der Waals surface area (Å²) in [5.41, 5.74) is 6.03. The minimum Gasteiger partial charge on any atom is -0.358 e. The molecule has 132 valence electrons. The molecule has 1 aromatic carbocycles. The number of hydrogen-bond acceptors (Lipinski definition) is 2. The molecule has 1 atom stereocenters. The van der Waals surface area contributed by atoms with Crippen molar-refractivity contribution in [3.63, 3.8) is 0 Å². The summed E-state index contributed by atoms with van der Waals surface area (Å²) in [6, 6.07) is 4.08. The average molecular weight is 338 g/mol. The van der Waals surface area contributed by atoms with Crippen LogP contribution < -0.4 is 5.32 Å². The molecule has 2 N–H and O–H groups in total. The van der Waals surface area contributed by atoms with E-state index in [-0.39, 0.29) is 11.9 Å². The number of aromatic amines is 1. The van der Waals surface area contributed by atoms with E-state index >= 15 is 0 Å². The highest BCUT2D eigenvalue weighted by Crippen LogP contribution is 2.26. The number of carbonyl (C=O) groups excluding carboxylic acids is 1. The molecule has 2 aromatic heterocycles. The summed E-state index contributed by atoms with van der Waals surface area (Å²) in [5, 5.41) is 4.32. The SMILES string of the molecule is CCc1[nH]c2c(CNC(=O)[C@@H](C)n3ccnc3C)cc(C)cc2c1C. The zero-order chi connectivity index (χ0) is 18.1. The number of fused-ring (bicyclic) bond motifs is 1. The van der Waals surface area contributed by atoms with Crippen LogP contribution in [0.5, 0.6) is 0 Å². The standard InChI is InChI=1S/C20H26N4O/c1-6-18-13(3)17-10-12(2)9-16(19(17)23-18)11-22-20(25)14(4)24-8-7-21-15(24)5/h7-10,14,23H,6,11H2,1-5H3,(H,22,25)/t14-/m1/s1. The van der Waals surface area contributed by atoms with Crippen LogP contribution in [0, 0.1) is 20.8 Å². The molecule has 0 bridgehead atoms. The summed E-state index contributed by atoms with van der Waals surface area (Å²) in [4.78, 5) is 20.3. The fourth-order valence-corrected chi connectivity index (χ4v) is 3.46. The molecule has 0 saturated carbocycles. The molecule has 5 heteroatoms. The number of amides is 1. The Morgan fingerprint density at radius 1 is 1.32 bits per heavy atom. The number of carbonyl (C=O) groups is 1. The van der Waals surface area contributed by atoms with Crippen molar-refractivity contribution < 1.29 is 4.79 Å². The smallest absolute Gasteiger partial charge is 0.243 e. The van der Waals surface area contributed by atoms with Gasteiger partial charge in [0.1, 0.15) is 11.9 Å². The Labute approximate surface area is 148 Å². The van der Waals surface area contributed by atoms with Gasteiger partial charge in [0, 0.05) is 30.0 Å². The zero-order valence-corrected chi connectivity index (χ0v) is 15.6. The molecule has 0 spiro atoms. The van der Waals surface area contributed by atoms with E-state index in [1.807, 2.05) is 24.6 Å². The summed E-state index contributed by atoms with van der Waals surface area (Å²) in [7, 11) is 0. The van der Waals surface area contributed by atoms with Crippen LogP contribution in [0.15, 0.2) is 24.5 Å². The van der Waals surface area contributed by atoms with Crippen LogP contribution in [-0.2, 0) is 17.8 Å². The van der Waals surface area contributed by atoms with Crippen molar-refractivity contribution in [2.24, 2.45) is 0 Å². The lowest BCUT2D eigenvalue weighted by Gasteiger charge is -2.15. The fourth-order valence-electron chi connectivity index (χ4n) is 3.46. The number of nitrogens with zero attached hydrogens (tertiary/aromatic N) is 2. The van der Waals surface area contributed by atoms with Crippen LogP contribution >= 0.6 is 0 Å². The number of aromatic nitrogens is 3. The van der Waals surface area contributed by atoms with Crippen LogP contribution in [0.2, 0.25) is 0 Å². The van der Waals surface area contributed by atoms with Crippen LogP contribution in [0.4, 0.5) is 0 Å². The second kappa shape index (κ2) is 6.75. The quantitative estimate of drug-likeness (QED) is 0.744. The number of benzene rings is 1. The lowest BCUT2D eigenvalue weighted by atomic mass is 10.0. The molecule has 5 nitrogen and oxygen atoms in total. The van der Waals surface area contributed by atoms with E-state index in [0.717, 1.165) is 23.3 Å². The summed E-state index contributed by atoms with van der Waals surface area (Å²) < 4.78 is 1.88. The van der Waals surface area contributed by atoms with Crippen LogP contribution in [0.3, 0.4) is 0 Å². The molecular weight excluding hydrogens is 312 g/mol. The molecule has 2 heterocycles. The molecular formula is C20H26N4O. The normalized spacial score (nSPS) is 12.5. The van der Waals surface area contributed by atoms with E-state index in [1.54, 1.807) is 6.20 Å². The lowest BCUT2D eigenvalue weighted by molar-refractivity contribution is -0.124. The number of H-pyrrole nitrogens is 1. The molecule has 25 heavy (non-hydrogen) atoms. The van der Waals surface area contributed by atoms with Gasteiger partial charge in [0.05, 0.1) is 5.52 Å². The molecule has 0 aliphatic heterocycles. The summed E-state index contributed by atoms with van der Waals surface area (Å²) in [6.07, 6.45) is 4.53. The first kappa shape index (κ1) is 17.3. The molecule has 3 rings (SSSR count). The van der Waals surface area contributed by atoms with Gasteiger partial charge in [0.25, 0.3) is 0 Å². The number of aryl methyl sites for hydroxylation is 4. The Morgan fingerprint density at radius 3 is 2.72 bits per heavy atom. The summed E-state index contributed by atoms with van der Waals surface area (Å²) >= 11 is 0. The maximum absolute atomic E-state index is 12.5. The van der Waals surface area contributed by atoms with Gasteiger partial charge in [0.2, 0.25) is 5.91 Å². The largest absolute Gasteiger partial charge is 0.358 e. The monoisotopic (exact) mass is 338 g/mol. The fraction of sp³-hybridized carbons (Fsp3) is 0.400. The lowest BCUT2D eigenvalue weighted by Crippen LogP contribution is -2.30. The third kappa shape index (κ3) is 3.18. The van der Waals surface area contributed by atoms with Crippen molar-refractivity contribution in [1.82, 2.24) is 19.9 Å². The van der Waals surface area contributed by atoms with Gasteiger partial charge in [-0.15, -0.1) is 0 Å². The average Bonchev–Trinajstić information content (AvgIpc) is 3.15. The van der Waals surface area contributed by atoms with Crippen LogP contribution in [0.25, 0.3) is 10.9 Å².